The van der Waals surface area contributed by atoms with Crippen molar-refractivity contribution in [1.82, 2.24) is 38.7 Å². The van der Waals surface area contributed by atoms with Gasteiger partial charge in [0.25, 0.3) is 0 Å². The molecule has 2 aromatic carbocycles. The van der Waals surface area contributed by atoms with Gasteiger partial charge in [-0.25, -0.2) is 27.9 Å². The van der Waals surface area contributed by atoms with Crippen molar-refractivity contribution in [1.29, 1.82) is 0 Å². The summed E-state index contributed by atoms with van der Waals surface area (Å²) in [6.07, 6.45) is 2.87. The van der Waals surface area contributed by atoms with Gasteiger partial charge in [-0.15, -0.1) is 0 Å². The molecule has 40 heavy (non-hydrogen) atoms. The van der Waals surface area contributed by atoms with Crippen LogP contribution in [0.2, 0.25) is 10.0 Å². The minimum absolute atomic E-state index is 0.105. The molecular weight excluding hydrogens is 575 g/mol. The van der Waals surface area contributed by atoms with Crippen LogP contribution in [0.5, 0.6) is 0 Å². The summed E-state index contributed by atoms with van der Waals surface area (Å²) in [7, 11) is 1.61. The molecule has 0 radical (unpaired) electrons. The van der Waals surface area contributed by atoms with Gasteiger partial charge in [0.1, 0.15) is 12.9 Å². The molecule has 3 aromatic heterocycles. The van der Waals surface area contributed by atoms with Crippen LogP contribution in [0.15, 0.2) is 46.4 Å². The summed E-state index contributed by atoms with van der Waals surface area (Å²) >= 11 is 12.2. The normalized spacial score (nSPS) is 11.3. The summed E-state index contributed by atoms with van der Waals surface area (Å²) in [4.78, 5) is 45.5. The zero-order valence-corrected chi connectivity index (χ0v) is 21.9. The van der Waals surface area contributed by atoms with Crippen molar-refractivity contribution in [2.75, 3.05) is 5.32 Å². The molecule has 0 aliphatic carbocycles. The molecule has 0 bridgehead atoms. The molecule has 0 atom stereocenters. The van der Waals surface area contributed by atoms with E-state index in [1.165, 1.54) is 34.0 Å². The number of anilines is 2. The number of carboxylic acid groups (broad SMARTS) is 1. The van der Waals surface area contributed by atoms with E-state index in [0.717, 1.165) is 21.3 Å². The largest absolute Gasteiger partial charge is 0.480 e. The summed E-state index contributed by atoms with van der Waals surface area (Å²) in [6, 6.07) is 4.99. The number of aliphatic carboxylic acids is 1. The fourth-order valence-electron chi connectivity index (χ4n) is 3.92. The Labute approximate surface area is 231 Å². The SMILES string of the molecule is Cn1cnc(Cn2c(=O)nc(Nc3cc4cn(CC(=O)O)nc4cc3Cl)n(Cc3cc(F)c(F)c(Cl)c3)c2=O)n1. The van der Waals surface area contributed by atoms with Gasteiger partial charge in [0.2, 0.25) is 5.95 Å². The number of fused-ring (bicyclic) bond motifs is 1. The molecule has 5 aromatic rings. The molecule has 13 nitrogen and oxygen atoms in total. The summed E-state index contributed by atoms with van der Waals surface area (Å²) < 4.78 is 32.3. The zero-order chi connectivity index (χ0) is 28.7. The first-order valence-electron chi connectivity index (χ1n) is 11.3. The van der Waals surface area contributed by atoms with Crippen LogP contribution in [0, 0.1) is 11.6 Å². The van der Waals surface area contributed by atoms with Crippen molar-refractivity contribution in [2.24, 2.45) is 7.05 Å². The van der Waals surface area contributed by atoms with Gasteiger partial charge in [0.05, 0.1) is 34.3 Å². The van der Waals surface area contributed by atoms with Gasteiger partial charge in [0, 0.05) is 18.6 Å². The Hall–Kier alpha value is -4.63. The van der Waals surface area contributed by atoms with Gasteiger partial charge < -0.3 is 10.4 Å². The van der Waals surface area contributed by atoms with Crippen LogP contribution in [0.4, 0.5) is 20.4 Å². The molecule has 2 N–H and O–H groups in total. The lowest BCUT2D eigenvalue weighted by Crippen LogP contribution is -2.43. The van der Waals surface area contributed by atoms with Crippen molar-refractivity contribution in [3.8, 4) is 0 Å². The van der Waals surface area contributed by atoms with E-state index >= 15 is 0 Å². The average Bonchev–Trinajstić information content (AvgIpc) is 3.46. The summed E-state index contributed by atoms with van der Waals surface area (Å²) in [5.41, 5.74) is -1.09. The van der Waals surface area contributed by atoms with Crippen molar-refractivity contribution in [2.45, 2.75) is 19.6 Å². The highest BCUT2D eigenvalue weighted by atomic mass is 35.5. The molecule has 206 valence electrons. The van der Waals surface area contributed by atoms with Crippen molar-refractivity contribution >= 4 is 51.7 Å². The van der Waals surface area contributed by atoms with E-state index in [4.69, 9.17) is 28.3 Å². The molecular formula is C23H17Cl2F2N9O4. The minimum atomic E-state index is -1.25. The Morgan fingerprint density at radius 2 is 1.82 bits per heavy atom. The van der Waals surface area contributed by atoms with Crippen LogP contribution in [-0.2, 0) is 31.5 Å². The molecule has 17 heteroatoms. The number of aromatic nitrogens is 8. The Bertz CT molecular complexity index is 1890. The Kier molecular flexibility index (Phi) is 7.08. The van der Waals surface area contributed by atoms with Crippen LogP contribution in [0.25, 0.3) is 10.9 Å². The fraction of sp³-hybridized carbons (Fsp3) is 0.174. The number of nitrogens with zero attached hydrogens (tertiary/aromatic N) is 8. The van der Waals surface area contributed by atoms with Gasteiger partial charge in [-0.2, -0.15) is 15.2 Å². The van der Waals surface area contributed by atoms with Crippen molar-refractivity contribution in [3.05, 3.63) is 90.8 Å². The minimum Gasteiger partial charge on any atom is -0.480 e. The zero-order valence-electron chi connectivity index (χ0n) is 20.3. The second-order valence-electron chi connectivity index (χ2n) is 8.62. The molecule has 0 aliphatic rings. The van der Waals surface area contributed by atoms with Gasteiger partial charge in [-0.3, -0.25) is 18.7 Å². The predicted octanol–water partition coefficient (Wildman–Crippen LogP) is 2.39. The highest BCUT2D eigenvalue weighted by molar-refractivity contribution is 6.34. The van der Waals surface area contributed by atoms with E-state index in [1.54, 1.807) is 7.05 Å². The maximum absolute atomic E-state index is 14.1. The fourth-order valence-corrected chi connectivity index (χ4v) is 4.35. The lowest BCUT2D eigenvalue weighted by Gasteiger charge is -2.16. The number of hydrogen-bond acceptors (Lipinski definition) is 8. The van der Waals surface area contributed by atoms with Crippen molar-refractivity contribution in [3.63, 3.8) is 0 Å². The van der Waals surface area contributed by atoms with E-state index in [2.05, 4.69) is 25.5 Å². The van der Waals surface area contributed by atoms with Gasteiger partial charge in [0.15, 0.2) is 17.5 Å². The highest BCUT2D eigenvalue weighted by Gasteiger charge is 2.19. The molecule has 0 unspecified atom stereocenters. The van der Waals surface area contributed by atoms with E-state index in [9.17, 15) is 23.2 Å². The predicted molar refractivity (Wildman–Crippen MR) is 139 cm³/mol. The summed E-state index contributed by atoms with van der Waals surface area (Å²) in [6.45, 7) is -1.05. The average molecular weight is 592 g/mol. The summed E-state index contributed by atoms with van der Waals surface area (Å²) in [5, 5.41) is 20.2. The smallest absolute Gasteiger partial charge is 0.355 e. The van der Waals surface area contributed by atoms with Crippen molar-refractivity contribution < 1.29 is 18.7 Å². The number of benzene rings is 2. The number of carboxylic acids is 1. The topological polar surface area (TPSA) is 155 Å². The number of carbonyl (C=O) groups is 1. The standard InChI is InChI=1S/C23H17Cl2F2N9O4/c1-33-10-28-18(32-33)8-36-22(39)30-21(35(23(36)40)6-11-2-14(25)20(27)15(26)3-11)29-17-4-12-7-34(9-19(37)38)31-16(12)5-13(17)24/h2-5,7,10H,6,8-9H2,1H3,(H,37,38)(H,29,30,39). The molecule has 5 rings (SSSR count). The third-order valence-corrected chi connectivity index (χ3v) is 6.25. The molecule has 0 fully saturated rings. The van der Waals surface area contributed by atoms with Crippen LogP contribution >= 0.6 is 23.2 Å². The van der Waals surface area contributed by atoms with Gasteiger partial charge >= 0.3 is 17.3 Å². The van der Waals surface area contributed by atoms with Gasteiger partial charge in [-0.1, -0.05) is 23.2 Å². The van der Waals surface area contributed by atoms with Gasteiger partial charge in [-0.05, 0) is 29.8 Å². The molecule has 0 spiro atoms. The van der Waals surface area contributed by atoms with E-state index in [1.807, 2.05) is 0 Å². The second kappa shape index (κ2) is 10.5. The first-order chi connectivity index (χ1) is 19.0. The Balaban J connectivity index is 1.61. The quantitative estimate of drug-likeness (QED) is 0.259. The molecule has 0 saturated carbocycles. The van der Waals surface area contributed by atoms with Crippen LogP contribution in [-0.4, -0.2) is 49.7 Å². The second-order valence-corrected chi connectivity index (χ2v) is 9.43. The first-order valence-corrected chi connectivity index (χ1v) is 12.1. The monoisotopic (exact) mass is 591 g/mol. The number of aryl methyl sites for hydroxylation is 1. The van der Waals surface area contributed by atoms with E-state index in [-0.39, 0.29) is 47.7 Å². The third kappa shape index (κ3) is 5.41. The van der Waals surface area contributed by atoms with Crippen LogP contribution in [0.3, 0.4) is 0 Å². The van der Waals surface area contributed by atoms with E-state index in [0.29, 0.717) is 10.9 Å². The Morgan fingerprint density at radius 3 is 2.50 bits per heavy atom. The highest BCUT2D eigenvalue weighted by Crippen LogP contribution is 2.29. The molecule has 3 heterocycles. The van der Waals surface area contributed by atoms with E-state index < -0.39 is 34.0 Å². The number of hydrogen-bond donors (Lipinski definition) is 2. The number of rotatable bonds is 8. The lowest BCUT2D eigenvalue weighted by atomic mass is 10.2. The van der Waals surface area contributed by atoms with Crippen LogP contribution in [0.1, 0.15) is 11.4 Å². The Morgan fingerprint density at radius 1 is 1.05 bits per heavy atom. The summed E-state index contributed by atoms with van der Waals surface area (Å²) in [5.74, 6) is -3.66. The molecule has 0 aliphatic heterocycles. The molecule has 0 saturated heterocycles. The number of nitrogens with one attached hydrogen (secondary N) is 1. The maximum Gasteiger partial charge on any atom is 0.355 e. The maximum atomic E-state index is 14.1. The third-order valence-electron chi connectivity index (χ3n) is 5.67. The number of halogens is 4. The molecule has 0 amide bonds. The first kappa shape index (κ1) is 27.0. The van der Waals surface area contributed by atoms with Crippen LogP contribution < -0.4 is 16.7 Å². The lowest BCUT2D eigenvalue weighted by molar-refractivity contribution is -0.137.